The van der Waals surface area contributed by atoms with Gasteiger partial charge in [0.15, 0.2) is 0 Å². The summed E-state index contributed by atoms with van der Waals surface area (Å²) in [5, 5.41) is 14.0. The van der Waals surface area contributed by atoms with Crippen LogP contribution in [-0.2, 0) is 10.2 Å². The Morgan fingerprint density at radius 1 is 1.19 bits per heavy atom. The molecule has 1 atom stereocenters. The topological polar surface area (TPSA) is 75.5 Å². The lowest BCUT2D eigenvalue weighted by Crippen LogP contribution is -2.58. The molecule has 2 aliphatic rings. The lowest BCUT2D eigenvalue weighted by atomic mass is 9.75. The number of aryl methyl sites for hydroxylation is 1. The minimum Gasteiger partial charge on any atom is -0.335 e. The Labute approximate surface area is 157 Å². The number of non-ortho nitro benzene ring substituents is 1. The van der Waals surface area contributed by atoms with Crippen LogP contribution in [0.2, 0.25) is 0 Å². The van der Waals surface area contributed by atoms with Crippen molar-refractivity contribution in [1.82, 2.24) is 5.32 Å². The Morgan fingerprint density at radius 2 is 1.89 bits per heavy atom. The van der Waals surface area contributed by atoms with E-state index < -0.39 is 10.6 Å². The highest BCUT2D eigenvalue weighted by Gasteiger charge is 2.59. The Hall–Kier alpha value is -3.15. The molecule has 0 aromatic heterocycles. The SMILES string of the molecule is Cc1ccc2c(c1)C(C)(C)C1(/C=C/c3ccc([N+](=O)[O-])cc3)NC(=O)CN21. The molecule has 1 fully saturated rings. The van der Waals surface area contributed by atoms with Gasteiger partial charge in [-0.2, -0.15) is 0 Å². The summed E-state index contributed by atoms with van der Waals surface area (Å²) in [5.74, 6) is -0.0114. The number of rotatable bonds is 3. The third kappa shape index (κ3) is 2.44. The lowest BCUT2D eigenvalue weighted by molar-refractivity contribution is -0.384. The predicted molar refractivity (Wildman–Crippen MR) is 105 cm³/mol. The molecule has 0 saturated carbocycles. The van der Waals surface area contributed by atoms with Crippen molar-refractivity contribution in [2.45, 2.75) is 31.8 Å². The molecule has 1 saturated heterocycles. The van der Waals surface area contributed by atoms with Crippen molar-refractivity contribution in [2.24, 2.45) is 0 Å². The van der Waals surface area contributed by atoms with Crippen LogP contribution in [0.25, 0.3) is 6.08 Å². The molecule has 138 valence electrons. The number of hydrogen-bond acceptors (Lipinski definition) is 4. The Bertz CT molecular complexity index is 979. The van der Waals surface area contributed by atoms with Crippen molar-refractivity contribution in [3.8, 4) is 0 Å². The molecular weight excluding hydrogens is 342 g/mol. The number of fused-ring (bicyclic) bond motifs is 3. The van der Waals surface area contributed by atoms with E-state index in [2.05, 4.69) is 49.2 Å². The molecule has 27 heavy (non-hydrogen) atoms. The summed E-state index contributed by atoms with van der Waals surface area (Å²) in [7, 11) is 0. The van der Waals surface area contributed by atoms with Gasteiger partial charge < -0.3 is 10.2 Å². The number of carbonyl (C=O) groups is 1. The van der Waals surface area contributed by atoms with E-state index >= 15 is 0 Å². The van der Waals surface area contributed by atoms with Crippen LogP contribution in [0.1, 0.15) is 30.5 Å². The quantitative estimate of drug-likeness (QED) is 0.668. The van der Waals surface area contributed by atoms with Gasteiger partial charge in [-0.3, -0.25) is 14.9 Å². The van der Waals surface area contributed by atoms with Gasteiger partial charge in [0, 0.05) is 23.2 Å². The molecule has 1 unspecified atom stereocenters. The Balaban J connectivity index is 1.77. The minimum atomic E-state index is -0.665. The Kier molecular flexibility index (Phi) is 3.63. The molecule has 0 radical (unpaired) electrons. The monoisotopic (exact) mass is 363 g/mol. The molecule has 6 nitrogen and oxygen atoms in total. The van der Waals surface area contributed by atoms with E-state index in [1.165, 1.54) is 23.3 Å². The molecule has 0 aliphatic carbocycles. The van der Waals surface area contributed by atoms with Crippen molar-refractivity contribution < 1.29 is 9.72 Å². The van der Waals surface area contributed by atoms with Crippen LogP contribution in [0.4, 0.5) is 11.4 Å². The van der Waals surface area contributed by atoms with Gasteiger partial charge >= 0.3 is 0 Å². The number of nitrogens with zero attached hydrogens (tertiary/aromatic N) is 2. The highest BCUT2D eigenvalue weighted by Crippen LogP contribution is 2.53. The van der Waals surface area contributed by atoms with Gasteiger partial charge in [0.05, 0.1) is 11.5 Å². The summed E-state index contributed by atoms with van der Waals surface area (Å²) < 4.78 is 0. The number of nitrogens with one attached hydrogen (secondary N) is 1. The number of anilines is 1. The molecule has 0 spiro atoms. The van der Waals surface area contributed by atoms with Crippen LogP contribution in [0.3, 0.4) is 0 Å². The standard InChI is InChI=1S/C21H21N3O3/c1-14-4-9-18-17(12-14)20(2,3)21(22-19(25)13-23(18)21)11-10-15-5-7-16(8-6-15)24(26)27/h4-12H,13H2,1-3H3,(H,22,25)/b11-10+. The number of nitro benzene ring substituents is 1. The normalized spacial score (nSPS) is 22.6. The first-order valence-electron chi connectivity index (χ1n) is 8.88. The molecule has 1 amide bonds. The van der Waals surface area contributed by atoms with Crippen molar-refractivity contribution in [2.75, 3.05) is 11.4 Å². The van der Waals surface area contributed by atoms with E-state index in [0.717, 1.165) is 11.3 Å². The summed E-state index contributed by atoms with van der Waals surface area (Å²) in [6, 6.07) is 12.7. The molecule has 6 heteroatoms. The second kappa shape index (κ2) is 5.67. The van der Waals surface area contributed by atoms with Gasteiger partial charge in [-0.15, -0.1) is 0 Å². The zero-order valence-corrected chi connectivity index (χ0v) is 15.5. The van der Waals surface area contributed by atoms with Gasteiger partial charge in [0.25, 0.3) is 5.69 Å². The van der Waals surface area contributed by atoms with Crippen molar-refractivity contribution in [3.05, 3.63) is 75.3 Å². The van der Waals surface area contributed by atoms with Gasteiger partial charge in [0.2, 0.25) is 5.91 Å². The maximum atomic E-state index is 12.3. The van der Waals surface area contributed by atoms with Crippen LogP contribution in [0.15, 0.2) is 48.5 Å². The molecule has 1 N–H and O–H groups in total. The summed E-state index contributed by atoms with van der Waals surface area (Å²) in [4.78, 5) is 24.8. The Morgan fingerprint density at radius 3 is 2.56 bits per heavy atom. The van der Waals surface area contributed by atoms with Crippen LogP contribution >= 0.6 is 0 Å². The van der Waals surface area contributed by atoms with Crippen LogP contribution in [0.5, 0.6) is 0 Å². The number of carbonyl (C=O) groups excluding carboxylic acids is 1. The van der Waals surface area contributed by atoms with Gasteiger partial charge in [0.1, 0.15) is 5.66 Å². The summed E-state index contributed by atoms with van der Waals surface area (Å²) >= 11 is 0. The van der Waals surface area contributed by atoms with E-state index in [1.807, 2.05) is 12.2 Å². The zero-order valence-electron chi connectivity index (χ0n) is 15.5. The van der Waals surface area contributed by atoms with Crippen LogP contribution in [-0.4, -0.2) is 23.0 Å². The van der Waals surface area contributed by atoms with Crippen LogP contribution < -0.4 is 10.2 Å². The van der Waals surface area contributed by atoms with E-state index in [4.69, 9.17) is 0 Å². The summed E-state index contributed by atoms with van der Waals surface area (Å²) in [6.45, 7) is 6.65. The number of hydrogen-bond donors (Lipinski definition) is 1. The third-order valence-corrected chi connectivity index (χ3v) is 5.75. The average Bonchev–Trinajstić information content (AvgIpc) is 3.05. The van der Waals surface area contributed by atoms with Crippen molar-refractivity contribution >= 4 is 23.4 Å². The van der Waals surface area contributed by atoms with Gasteiger partial charge in [-0.25, -0.2) is 0 Å². The van der Waals surface area contributed by atoms with Crippen LogP contribution in [0, 0.1) is 17.0 Å². The number of amides is 1. The van der Waals surface area contributed by atoms with E-state index in [-0.39, 0.29) is 17.0 Å². The fraction of sp³-hybridized carbons (Fsp3) is 0.286. The minimum absolute atomic E-state index is 0.0114. The average molecular weight is 363 g/mol. The summed E-state index contributed by atoms with van der Waals surface area (Å²) in [5.41, 5.74) is 3.36. The molecule has 2 heterocycles. The fourth-order valence-corrected chi connectivity index (χ4v) is 4.21. The smallest absolute Gasteiger partial charge is 0.269 e. The summed E-state index contributed by atoms with van der Waals surface area (Å²) in [6.07, 6.45) is 3.93. The second-order valence-corrected chi connectivity index (χ2v) is 7.73. The fourth-order valence-electron chi connectivity index (χ4n) is 4.21. The predicted octanol–water partition coefficient (Wildman–Crippen LogP) is 3.54. The molecule has 4 rings (SSSR count). The molecule has 0 bridgehead atoms. The molecule has 2 aromatic rings. The van der Waals surface area contributed by atoms with Crippen molar-refractivity contribution in [1.29, 1.82) is 0 Å². The number of benzene rings is 2. The second-order valence-electron chi connectivity index (χ2n) is 7.73. The van der Waals surface area contributed by atoms with Crippen molar-refractivity contribution in [3.63, 3.8) is 0 Å². The highest BCUT2D eigenvalue weighted by molar-refractivity contribution is 5.91. The highest BCUT2D eigenvalue weighted by atomic mass is 16.6. The molecule has 2 aliphatic heterocycles. The lowest BCUT2D eigenvalue weighted by Gasteiger charge is -2.40. The first kappa shape index (κ1) is 17.3. The van der Waals surface area contributed by atoms with E-state index in [9.17, 15) is 14.9 Å². The van der Waals surface area contributed by atoms with E-state index in [1.54, 1.807) is 12.1 Å². The largest absolute Gasteiger partial charge is 0.335 e. The molecular formula is C21H21N3O3. The number of nitro groups is 1. The third-order valence-electron chi connectivity index (χ3n) is 5.75. The first-order valence-corrected chi connectivity index (χ1v) is 8.88. The van der Waals surface area contributed by atoms with E-state index in [0.29, 0.717) is 6.54 Å². The maximum Gasteiger partial charge on any atom is 0.269 e. The molecule has 2 aromatic carbocycles. The first-order chi connectivity index (χ1) is 12.7. The zero-order chi connectivity index (χ0) is 19.4. The van der Waals surface area contributed by atoms with Gasteiger partial charge in [-0.05, 0) is 42.3 Å². The van der Waals surface area contributed by atoms with Gasteiger partial charge in [-0.1, -0.05) is 37.6 Å². The maximum absolute atomic E-state index is 12.3.